The van der Waals surface area contributed by atoms with Crippen molar-refractivity contribution in [1.82, 2.24) is 15.5 Å². The predicted molar refractivity (Wildman–Crippen MR) is 89.4 cm³/mol. The molecule has 2 aromatic heterocycles. The summed E-state index contributed by atoms with van der Waals surface area (Å²) in [5.74, 6) is 2.61. The lowest BCUT2D eigenvalue weighted by Gasteiger charge is -2.06. The number of hydrogen-bond acceptors (Lipinski definition) is 4. The molecular formula is C18H21N3O2. The van der Waals surface area contributed by atoms with Crippen molar-refractivity contribution in [3.63, 3.8) is 0 Å². The van der Waals surface area contributed by atoms with Crippen LogP contribution in [0, 0.1) is 6.92 Å². The number of nitrogens with one attached hydrogen (secondary N) is 2. The van der Waals surface area contributed by atoms with E-state index in [4.69, 9.17) is 9.15 Å². The van der Waals surface area contributed by atoms with Crippen molar-refractivity contribution in [3.8, 4) is 17.2 Å². The highest BCUT2D eigenvalue weighted by atomic mass is 16.5. The van der Waals surface area contributed by atoms with Crippen LogP contribution < -0.4 is 10.1 Å². The molecule has 1 aromatic carbocycles. The largest absolute Gasteiger partial charge is 0.497 e. The lowest BCUT2D eigenvalue weighted by Crippen LogP contribution is -2.16. The highest BCUT2D eigenvalue weighted by Gasteiger charge is 2.10. The minimum Gasteiger partial charge on any atom is -0.497 e. The van der Waals surface area contributed by atoms with Gasteiger partial charge < -0.3 is 14.5 Å². The van der Waals surface area contributed by atoms with E-state index >= 15 is 0 Å². The van der Waals surface area contributed by atoms with Gasteiger partial charge in [0.05, 0.1) is 13.3 Å². The summed E-state index contributed by atoms with van der Waals surface area (Å²) >= 11 is 0. The van der Waals surface area contributed by atoms with E-state index in [9.17, 15) is 0 Å². The average molecular weight is 311 g/mol. The molecule has 0 aliphatic rings. The summed E-state index contributed by atoms with van der Waals surface area (Å²) in [5, 5.41) is 10.6. The molecule has 23 heavy (non-hydrogen) atoms. The molecule has 3 rings (SSSR count). The van der Waals surface area contributed by atoms with Crippen molar-refractivity contribution in [1.29, 1.82) is 0 Å². The first-order valence-corrected chi connectivity index (χ1v) is 7.69. The van der Waals surface area contributed by atoms with Crippen LogP contribution in [-0.4, -0.2) is 23.9 Å². The van der Waals surface area contributed by atoms with Gasteiger partial charge in [0.25, 0.3) is 0 Å². The monoisotopic (exact) mass is 311 g/mol. The summed E-state index contributed by atoms with van der Waals surface area (Å²) in [6, 6.07) is 12.1. The van der Waals surface area contributed by atoms with Gasteiger partial charge in [0.15, 0.2) is 5.76 Å². The van der Waals surface area contributed by atoms with Crippen molar-refractivity contribution < 1.29 is 9.15 Å². The first-order chi connectivity index (χ1) is 11.3. The van der Waals surface area contributed by atoms with Gasteiger partial charge in [-0.1, -0.05) is 12.1 Å². The van der Waals surface area contributed by atoms with Crippen molar-refractivity contribution in [2.45, 2.75) is 19.9 Å². The molecule has 2 N–H and O–H groups in total. The lowest BCUT2D eigenvalue weighted by molar-refractivity contribution is 0.414. The summed E-state index contributed by atoms with van der Waals surface area (Å²) in [4.78, 5) is 0. The first kappa shape index (κ1) is 15.4. The molecule has 120 valence electrons. The van der Waals surface area contributed by atoms with Gasteiger partial charge in [0.1, 0.15) is 17.2 Å². The summed E-state index contributed by atoms with van der Waals surface area (Å²) < 4.78 is 10.8. The van der Waals surface area contributed by atoms with Crippen LogP contribution in [0.15, 0.2) is 47.0 Å². The Bertz CT molecular complexity index is 744. The molecule has 2 heterocycles. The van der Waals surface area contributed by atoms with E-state index in [1.54, 1.807) is 7.11 Å². The maximum Gasteiger partial charge on any atom is 0.152 e. The lowest BCUT2D eigenvalue weighted by atomic mass is 10.1. The number of aryl methyl sites for hydroxylation is 1. The Kier molecular flexibility index (Phi) is 4.78. The summed E-state index contributed by atoms with van der Waals surface area (Å²) in [5.41, 5.74) is 3.33. The standard InChI is InChI=1S/C18H21N3O2/c1-13-3-8-17(23-13)18-15(12-20-21-18)11-19-10-9-14-4-6-16(22-2)7-5-14/h3-8,12,19H,9-11H2,1-2H3,(H,20,21). The summed E-state index contributed by atoms with van der Waals surface area (Å²) in [6.45, 7) is 3.59. The fourth-order valence-corrected chi connectivity index (χ4v) is 2.48. The topological polar surface area (TPSA) is 63.1 Å². The van der Waals surface area contributed by atoms with Crippen molar-refractivity contribution in [2.75, 3.05) is 13.7 Å². The third kappa shape index (κ3) is 3.81. The Morgan fingerprint density at radius 3 is 2.70 bits per heavy atom. The summed E-state index contributed by atoms with van der Waals surface area (Å²) in [6.07, 6.45) is 2.81. The number of aromatic nitrogens is 2. The van der Waals surface area contributed by atoms with E-state index in [0.717, 1.165) is 48.0 Å². The highest BCUT2D eigenvalue weighted by molar-refractivity contribution is 5.56. The van der Waals surface area contributed by atoms with Crippen molar-refractivity contribution in [3.05, 3.63) is 59.5 Å². The Hall–Kier alpha value is -2.53. The van der Waals surface area contributed by atoms with Crippen LogP contribution in [0.1, 0.15) is 16.9 Å². The van der Waals surface area contributed by atoms with Gasteiger partial charge in [-0.15, -0.1) is 0 Å². The van der Waals surface area contributed by atoms with Gasteiger partial charge in [-0.3, -0.25) is 5.10 Å². The number of rotatable bonds is 7. The second-order valence-corrected chi connectivity index (χ2v) is 5.46. The molecule has 0 fully saturated rings. The van der Waals surface area contributed by atoms with E-state index in [-0.39, 0.29) is 0 Å². The molecule has 0 unspecified atom stereocenters. The van der Waals surface area contributed by atoms with Gasteiger partial charge in [0, 0.05) is 12.1 Å². The second-order valence-electron chi connectivity index (χ2n) is 5.46. The van der Waals surface area contributed by atoms with Crippen LogP contribution in [0.3, 0.4) is 0 Å². The normalized spacial score (nSPS) is 10.9. The molecule has 0 bridgehead atoms. The molecule has 3 aromatic rings. The van der Waals surface area contributed by atoms with Crippen molar-refractivity contribution >= 4 is 0 Å². The molecule has 5 heteroatoms. The Labute approximate surface area is 135 Å². The van der Waals surface area contributed by atoms with Gasteiger partial charge in [-0.25, -0.2) is 0 Å². The van der Waals surface area contributed by atoms with Crippen LogP contribution in [-0.2, 0) is 13.0 Å². The molecule has 0 radical (unpaired) electrons. The molecule has 0 spiro atoms. The third-order valence-corrected chi connectivity index (χ3v) is 3.77. The zero-order valence-electron chi connectivity index (χ0n) is 13.4. The molecule has 0 saturated carbocycles. The smallest absolute Gasteiger partial charge is 0.152 e. The SMILES string of the molecule is COc1ccc(CCNCc2cn[nH]c2-c2ccc(C)o2)cc1. The maximum atomic E-state index is 5.66. The zero-order chi connectivity index (χ0) is 16.1. The van der Waals surface area contributed by atoms with Crippen LogP contribution in [0.5, 0.6) is 5.75 Å². The minimum absolute atomic E-state index is 0.752. The Morgan fingerprint density at radius 1 is 1.17 bits per heavy atom. The first-order valence-electron chi connectivity index (χ1n) is 7.69. The fourth-order valence-electron chi connectivity index (χ4n) is 2.48. The number of furan rings is 1. The molecule has 0 amide bonds. The maximum absolute atomic E-state index is 5.66. The average Bonchev–Trinajstić information content (AvgIpc) is 3.20. The Balaban J connectivity index is 1.52. The number of methoxy groups -OCH3 is 1. The van der Waals surface area contributed by atoms with Gasteiger partial charge in [-0.2, -0.15) is 5.10 Å². The number of benzene rings is 1. The van der Waals surface area contributed by atoms with Crippen molar-refractivity contribution in [2.24, 2.45) is 0 Å². The summed E-state index contributed by atoms with van der Waals surface area (Å²) in [7, 11) is 1.68. The number of aromatic amines is 1. The van der Waals surface area contributed by atoms with Crippen LogP contribution in [0.4, 0.5) is 0 Å². The molecule has 0 saturated heterocycles. The van der Waals surface area contributed by atoms with Gasteiger partial charge in [-0.05, 0) is 49.7 Å². The molecular weight excluding hydrogens is 290 g/mol. The minimum atomic E-state index is 0.752. The van der Waals surface area contributed by atoms with Crippen LogP contribution in [0.2, 0.25) is 0 Å². The van der Waals surface area contributed by atoms with E-state index in [1.165, 1.54) is 5.56 Å². The molecule has 0 aliphatic heterocycles. The molecule has 0 aliphatic carbocycles. The quantitative estimate of drug-likeness (QED) is 0.657. The molecule has 0 atom stereocenters. The third-order valence-electron chi connectivity index (χ3n) is 3.77. The van der Waals surface area contributed by atoms with E-state index < -0.39 is 0 Å². The van der Waals surface area contributed by atoms with E-state index in [2.05, 4.69) is 27.6 Å². The highest BCUT2D eigenvalue weighted by Crippen LogP contribution is 2.23. The number of H-pyrrole nitrogens is 1. The predicted octanol–water partition coefficient (Wildman–Crippen LogP) is 3.32. The number of ether oxygens (including phenoxy) is 1. The number of hydrogen-bond donors (Lipinski definition) is 2. The van der Waals surface area contributed by atoms with Gasteiger partial charge in [0.2, 0.25) is 0 Å². The van der Waals surface area contributed by atoms with Crippen LogP contribution in [0.25, 0.3) is 11.5 Å². The van der Waals surface area contributed by atoms with E-state index in [0.29, 0.717) is 0 Å². The zero-order valence-corrected chi connectivity index (χ0v) is 13.4. The van der Waals surface area contributed by atoms with E-state index in [1.807, 2.05) is 37.4 Å². The van der Waals surface area contributed by atoms with Crippen LogP contribution >= 0.6 is 0 Å². The second kappa shape index (κ2) is 7.15. The fraction of sp³-hybridized carbons (Fsp3) is 0.278. The van der Waals surface area contributed by atoms with Gasteiger partial charge >= 0.3 is 0 Å². The number of nitrogens with zero attached hydrogens (tertiary/aromatic N) is 1. The molecule has 5 nitrogen and oxygen atoms in total. The Morgan fingerprint density at radius 2 is 2.00 bits per heavy atom.